The lowest BCUT2D eigenvalue weighted by atomic mass is 10.1. The summed E-state index contributed by atoms with van der Waals surface area (Å²) in [4.78, 5) is 26.2. The predicted molar refractivity (Wildman–Crippen MR) is 125 cm³/mol. The van der Waals surface area contributed by atoms with Gasteiger partial charge in [0.15, 0.2) is 5.17 Å². The van der Waals surface area contributed by atoms with E-state index >= 15 is 0 Å². The van der Waals surface area contributed by atoms with Crippen molar-refractivity contribution < 1.29 is 22.7 Å². The third-order valence-corrected chi connectivity index (χ3v) is 6.48. The molecule has 1 unspecified atom stereocenters. The van der Waals surface area contributed by atoms with E-state index in [4.69, 9.17) is 4.74 Å². The summed E-state index contributed by atoms with van der Waals surface area (Å²) in [5.74, 6) is -0.283. The van der Waals surface area contributed by atoms with E-state index in [9.17, 15) is 18.0 Å². The minimum Gasteiger partial charge on any atom is -0.489 e. The quantitative estimate of drug-likeness (QED) is 0.528. The van der Waals surface area contributed by atoms with Crippen LogP contribution in [0.3, 0.4) is 0 Å². The zero-order valence-corrected chi connectivity index (χ0v) is 18.8. The summed E-state index contributed by atoms with van der Waals surface area (Å²) in [6.07, 6.45) is 0.999. The molecule has 2 fully saturated rings. The number of amidine groups is 1. The number of hydrogen-bond acceptors (Lipinski definition) is 6. The van der Waals surface area contributed by atoms with E-state index in [1.165, 1.54) is 12.1 Å². The van der Waals surface area contributed by atoms with Gasteiger partial charge in [0, 0.05) is 36.4 Å². The SMILES string of the molecule is CN1CCC(Oc2ccc(/N=C3/NC(=O)/C(=C/c4c[nH]c5ncccc45)S3)c(C(F)(F)F)c2)C1. The molecule has 2 saturated heterocycles. The number of alkyl halides is 3. The molecule has 1 aromatic carbocycles. The van der Waals surface area contributed by atoms with Crippen LogP contribution in [0, 0.1) is 0 Å². The lowest BCUT2D eigenvalue weighted by molar-refractivity contribution is -0.137. The molecule has 2 aliphatic rings. The minimum atomic E-state index is -4.63. The molecule has 0 aliphatic carbocycles. The largest absolute Gasteiger partial charge is 0.489 e. The Balaban J connectivity index is 1.41. The van der Waals surface area contributed by atoms with Gasteiger partial charge in [-0.2, -0.15) is 13.2 Å². The van der Waals surface area contributed by atoms with E-state index in [1.54, 1.807) is 24.5 Å². The number of aromatic amines is 1. The first-order chi connectivity index (χ1) is 16.3. The van der Waals surface area contributed by atoms with Gasteiger partial charge in [0.1, 0.15) is 17.5 Å². The van der Waals surface area contributed by atoms with Crippen molar-refractivity contribution in [3.8, 4) is 5.75 Å². The van der Waals surface area contributed by atoms with Crippen LogP contribution in [0.4, 0.5) is 18.9 Å². The topological polar surface area (TPSA) is 82.6 Å². The first kappa shape index (κ1) is 22.5. The van der Waals surface area contributed by atoms with Crippen LogP contribution in [0.1, 0.15) is 17.5 Å². The Kier molecular flexibility index (Phi) is 5.82. The smallest absolute Gasteiger partial charge is 0.418 e. The number of aromatic nitrogens is 2. The second-order valence-electron chi connectivity index (χ2n) is 8.09. The molecule has 0 spiro atoms. The van der Waals surface area contributed by atoms with Crippen molar-refractivity contribution in [1.29, 1.82) is 0 Å². The number of carbonyl (C=O) groups excluding carboxylic acids is 1. The summed E-state index contributed by atoms with van der Waals surface area (Å²) in [5, 5.41) is 3.45. The summed E-state index contributed by atoms with van der Waals surface area (Å²) in [5.41, 5.74) is 0.215. The maximum atomic E-state index is 13.8. The molecule has 176 valence electrons. The molecule has 11 heteroatoms. The number of halogens is 3. The highest BCUT2D eigenvalue weighted by molar-refractivity contribution is 8.18. The monoisotopic (exact) mass is 487 g/mol. The number of nitrogens with zero attached hydrogens (tertiary/aromatic N) is 3. The van der Waals surface area contributed by atoms with E-state index in [1.807, 2.05) is 13.1 Å². The van der Waals surface area contributed by atoms with Crippen molar-refractivity contribution >= 4 is 45.6 Å². The number of rotatable bonds is 4. The van der Waals surface area contributed by atoms with Gasteiger partial charge in [0.05, 0.1) is 16.2 Å². The van der Waals surface area contributed by atoms with Crippen LogP contribution in [0.5, 0.6) is 5.75 Å². The Morgan fingerprint density at radius 1 is 1.32 bits per heavy atom. The Hall–Kier alpha value is -3.31. The van der Waals surface area contributed by atoms with Crippen LogP contribution in [0.15, 0.2) is 52.6 Å². The molecule has 0 radical (unpaired) electrons. The van der Waals surface area contributed by atoms with E-state index < -0.39 is 17.6 Å². The third-order valence-electron chi connectivity index (χ3n) is 5.57. The number of pyridine rings is 1. The summed E-state index contributed by atoms with van der Waals surface area (Å²) in [6, 6.07) is 7.35. The predicted octanol–water partition coefficient (Wildman–Crippen LogP) is 4.56. The fraction of sp³-hybridized carbons (Fsp3) is 0.261. The molecular formula is C23H20F3N5O2S. The molecule has 2 aromatic heterocycles. The molecule has 4 heterocycles. The van der Waals surface area contributed by atoms with Crippen LogP contribution in [-0.2, 0) is 11.0 Å². The Labute approximate surface area is 197 Å². The fourth-order valence-corrected chi connectivity index (χ4v) is 4.75. The molecule has 5 rings (SSSR count). The maximum absolute atomic E-state index is 13.8. The van der Waals surface area contributed by atoms with Crippen molar-refractivity contribution in [3.05, 3.63) is 58.8 Å². The number of nitrogens with one attached hydrogen (secondary N) is 2. The number of amides is 1. The Morgan fingerprint density at radius 2 is 2.18 bits per heavy atom. The van der Waals surface area contributed by atoms with Crippen LogP contribution in [0.2, 0.25) is 0 Å². The highest BCUT2D eigenvalue weighted by Gasteiger charge is 2.35. The zero-order valence-electron chi connectivity index (χ0n) is 18.0. The number of likely N-dealkylation sites (tertiary alicyclic amines) is 1. The molecule has 7 nitrogen and oxygen atoms in total. The van der Waals surface area contributed by atoms with E-state index in [2.05, 4.69) is 25.2 Å². The van der Waals surface area contributed by atoms with Crippen LogP contribution < -0.4 is 10.1 Å². The average molecular weight is 488 g/mol. The minimum absolute atomic E-state index is 0.0748. The lowest BCUT2D eigenvalue weighted by Gasteiger charge is -2.16. The Morgan fingerprint density at radius 3 is 2.94 bits per heavy atom. The number of fused-ring (bicyclic) bond motifs is 1. The average Bonchev–Trinajstić information content (AvgIpc) is 3.48. The molecule has 0 saturated carbocycles. The number of ether oxygens (including phenoxy) is 1. The molecule has 1 atom stereocenters. The molecule has 0 bridgehead atoms. The molecule has 3 aromatic rings. The van der Waals surface area contributed by atoms with Gasteiger partial charge in [-0.05, 0) is 61.6 Å². The van der Waals surface area contributed by atoms with Crippen molar-refractivity contribution in [2.75, 3.05) is 20.1 Å². The second kappa shape index (κ2) is 8.80. The van der Waals surface area contributed by atoms with Gasteiger partial charge in [-0.25, -0.2) is 9.98 Å². The number of likely N-dealkylation sites (N-methyl/N-ethyl adjacent to an activating group) is 1. The van der Waals surface area contributed by atoms with Crippen LogP contribution in [-0.4, -0.2) is 52.2 Å². The number of carbonyl (C=O) groups is 1. The van der Waals surface area contributed by atoms with Crippen molar-refractivity contribution in [1.82, 2.24) is 20.2 Å². The zero-order chi connectivity index (χ0) is 23.9. The first-order valence-electron chi connectivity index (χ1n) is 10.5. The third kappa shape index (κ3) is 4.66. The highest BCUT2D eigenvalue weighted by Crippen LogP contribution is 2.40. The standard InChI is InChI=1S/C23H20F3N5O2S/c1-31-8-6-15(12-31)33-14-4-5-18(17(10-14)23(24,25)26)29-22-30-21(32)19(34-22)9-13-11-28-20-16(13)3-2-7-27-20/h2-5,7,9-11,15H,6,8,12H2,1H3,(H,27,28)(H,29,30,32)/b19-9-. The number of aliphatic imine (C=N–C) groups is 1. The molecule has 1 amide bonds. The second-order valence-corrected chi connectivity index (χ2v) is 9.12. The Bertz CT molecular complexity index is 1320. The summed E-state index contributed by atoms with van der Waals surface area (Å²) < 4.78 is 47.1. The summed E-state index contributed by atoms with van der Waals surface area (Å²) >= 11 is 0.982. The normalized spacial score (nSPS) is 21.6. The molecule has 34 heavy (non-hydrogen) atoms. The van der Waals surface area contributed by atoms with E-state index in [0.717, 1.165) is 41.7 Å². The van der Waals surface area contributed by atoms with Gasteiger partial charge in [-0.15, -0.1) is 0 Å². The van der Waals surface area contributed by atoms with Gasteiger partial charge in [0.25, 0.3) is 5.91 Å². The number of benzene rings is 1. The van der Waals surface area contributed by atoms with Crippen LogP contribution in [0.25, 0.3) is 17.1 Å². The maximum Gasteiger partial charge on any atom is 0.418 e. The van der Waals surface area contributed by atoms with Gasteiger partial charge >= 0.3 is 6.18 Å². The van der Waals surface area contributed by atoms with E-state index in [-0.39, 0.29) is 22.7 Å². The first-order valence-corrected chi connectivity index (χ1v) is 11.4. The van der Waals surface area contributed by atoms with Crippen molar-refractivity contribution in [2.24, 2.45) is 4.99 Å². The number of thioether (sulfide) groups is 1. The fourth-order valence-electron chi connectivity index (χ4n) is 3.92. The highest BCUT2D eigenvalue weighted by atomic mass is 32.2. The lowest BCUT2D eigenvalue weighted by Crippen LogP contribution is -2.21. The van der Waals surface area contributed by atoms with E-state index in [0.29, 0.717) is 17.1 Å². The molecule has 2 aliphatic heterocycles. The number of H-pyrrole nitrogens is 1. The van der Waals surface area contributed by atoms with Gasteiger partial charge in [-0.3, -0.25) is 4.79 Å². The number of hydrogen-bond donors (Lipinski definition) is 2. The van der Waals surface area contributed by atoms with Crippen molar-refractivity contribution in [2.45, 2.75) is 18.7 Å². The summed E-state index contributed by atoms with van der Waals surface area (Å²) in [6.45, 7) is 1.50. The summed E-state index contributed by atoms with van der Waals surface area (Å²) in [7, 11) is 1.94. The molecular weight excluding hydrogens is 467 g/mol. The van der Waals surface area contributed by atoms with Gasteiger partial charge in [-0.1, -0.05) is 0 Å². The van der Waals surface area contributed by atoms with Crippen molar-refractivity contribution in [3.63, 3.8) is 0 Å². The van der Waals surface area contributed by atoms with Gasteiger partial charge in [0.2, 0.25) is 0 Å². The van der Waals surface area contributed by atoms with Crippen LogP contribution >= 0.6 is 11.8 Å². The molecule has 2 N–H and O–H groups in total. The van der Waals surface area contributed by atoms with Gasteiger partial charge < -0.3 is 19.9 Å².